The second kappa shape index (κ2) is 5.38. The minimum Gasteiger partial charge on any atom is -0.329 e. The number of piperidine rings is 3. The summed E-state index contributed by atoms with van der Waals surface area (Å²) in [6.07, 6.45) is 3.99. The summed E-state index contributed by atoms with van der Waals surface area (Å²) in [5.74, 6) is 1.52. The average Bonchev–Trinajstić information content (AvgIpc) is 3.07. The highest BCUT2D eigenvalue weighted by Crippen LogP contribution is 2.42. The van der Waals surface area contributed by atoms with E-state index >= 15 is 0 Å². The summed E-state index contributed by atoms with van der Waals surface area (Å²) < 4.78 is 0. The molecule has 2 atom stereocenters. The summed E-state index contributed by atoms with van der Waals surface area (Å²) in [5, 5.41) is 0. The Labute approximate surface area is 128 Å². The van der Waals surface area contributed by atoms with Crippen molar-refractivity contribution in [3.05, 3.63) is 35.9 Å². The average molecular weight is 285 g/mol. The quantitative estimate of drug-likeness (QED) is 0.920. The maximum Gasteiger partial charge on any atom is 0.0487 e. The molecule has 2 unspecified atom stereocenters. The van der Waals surface area contributed by atoms with Gasteiger partial charge in [-0.1, -0.05) is 30.3 Å². The molecule has 0 saturated carbocycles. The number of benzene rings is 1. The lowest BCUT2D eigenvalue weighted by Gasteiger charge is -2.57. The third-order valence-electron chi connectivity index (χ3n) is 6.29. The van der Waals surface area contributed by atoms with Crippen molar-refractivity contribution in [3.63, 3.8) is 0 Å². The number of hydrogen-bond donors (Lipinski definition) is 1. The lowest BCUT2D eigenvalue weighted by atomic mass is 9.71. The van der Waals surface area contributed by atoms with Crippen molar-refractivity contribution < 1.29 is 0 Å². The van der Waals surface area contributed by atoms with Crippen molar-refractivity contribution in [1.29, 1.82) is 0 Å². The van der Waals surface area contributed by atoms with Gasteiger partial charge in [0.2, 0.25) is 0 Å². The van der Waals surface area contributed by atoms with Gasteiger partial charge in [0.1, 0.15) is 0 Å². The highest BCUT2D eigenvalue weighted by Gasteiger charge is 2.50. The molecule has 1 aromatic carbocycles. The Morgan fingerprint density at radius 3 is 2.43 bits per heavy atom. The van der Waals surface area contributed by atoms with Gasteiger partial charge in [0.05, 0.1) is 0 Å². The molecule has 2 bridgehead atoms. The summed E-state index contributed by atoms with van der Waals surface area (Å²) in [6, 6.07) is 11.0. The van der Waals surface area contributed by atoms with Crippen LogP contribution >= 0.6 is 0 Å². The monoisotopic (exact) mass is 285 g/mol. The van der Waals surface area contributed by atoms with Crippen molar-refractivity contribution in [2.45, 2.75) is 30.7 Å². The summed E-state index contributed by atoms with van der Waals surface area (Å²) in [6.45, 7) is 7.04. The molecule has 0 spiro atoms. The minimum atomic E-state index is 0.264. The van der Waals surface area contributed by atoms with Gasteiger partial charge >= 0.3 is 0 Å². The highest BCUT2D eigenvalue weighted by molar-refractivity contribution is 5.22. The van der Waals surface area contributed by atoms with E-state index in [-0.39, 0.29) is 5.54 Å². The van der Waals surface area contributed by atoms with E-state index in [4.69, 9.17) is 5.73 Å². The van der Waals surface area contributed by atoms with Crippen molar-refractivity contribution >= 4 is 0 Å². The third kappa shape index (κ3) is 2.23. The predicted molar refractivity (Wildman–Crippen MR) is 86.3 cm³/mol. The molecular formula is C18H27N3. The molecule has 0 aromatic heterocycles. The first-order valence-electron chi connectivity index (χ1n) is 8.54. The summed E-state index contributed by atoms with van der Waals surface area (Å²) >= 11 is 0. The van der Waals surface area contributed by atoms with E-state index in [0.717, 1.165) is 12.5 Å². The third-order valence-corrected chi connectivity index (χ3v) is 6.29. The van der Waals surface area contributed by atoms with E-state index in [1.165, 1.54) is 57.5 Å². The van der Waals surface area contributed by atoms with Gasteiger partial charge in [-0.05, 0) is 56.3 Å². The van der Waals surface area contributed by atoms with Crippen LogP contribution in [-0.2, 0) is 0 Å². The van der Waals surface area contributed by atoms with Gasteiger partial charge in [-0.3, -0.25) is 4.90 Å². The zero-order valence-electron chi connectivity index (χ0n) is 12.9. The summed E-state index contributed by atoms with van der Waals surface area (Å²) in [4.78, 5) is 5.39. The van der Waals surface area contributed by atoms with Crippen LogP contribution in [0.25, 0.3) is 0 Å². The predicted octanol–water partition coefficient (Wildman–Crippen LogP) is 1.90. The van der Waals surface area contributed by atoms with Crippen LogP contribution in [0.1, 0.15) is 30.7 Å². The molecule has 4 heterocycles. The Morgan fingerprint density at radius 2 is 1.81 bits per heavy atom. The fourth-order valence-corrected chi connectivity index (χ4v) is 5.03. The largest absolute Gasteiger partial charge is 0.329 e. The van der Waals surface area contributed by atoms with Crippen LogP contribution < -0.4 is 5.73 Å². The van der Waals surface area contributed by atoms with Crippen molar-refractivity contribution in [2.24, 2.45) is 11.7 Å². The maximum absolute atomic E-state index is 6.32. The van der Waals surface area contributed by atoms with Crippen LogP contribution in [0.2, 0.25) is 0 Å². The Morgan fingerprint density at radius 1 is 1.05 bits per heavy atom. The second-order valence-electron chi connectivity index (χ2n) is 7.20. The molecule has 0 amide bonds. The van der Waals surface area contributed by atoms with Crippen LogP contribution in [0, 0.1) is 5.92 Å². The number of fused-ring (bicyclic) bond motifs is 3. The molecular weight excluding hydrogens is 258 g/mol. The van der Waals surface area contributed by atoms with Gasteiger partial charge in [-0.25, -0.2) is 0 Å². The fraction of sp³-hybridized carbons (Fsp3) is 0.667. The molecule has 0 aliphatic carbocycles. The van der Waals surface area contributed by atoms with Crippen molar-refractivity contribution in [2.75, 3.05) is 39.3 Å². The molecule has 21 heavy (non-hydrogen) atoms. The fourth-order valence-electron chi connectivity index (χ4n) is 5.03. The first-order valence-corrected chi connectivity index (χ1v) is 8.54. The Hall–Kier alpha value is -0.900. The van der Waals surface area contributed by atoms with Gasteiger partial charge in [0, 0.05) is 25.2 Å². The maximum atomic E-state index is 6.32. The Bertz CT molecular complexity index is 480. The van der Waals surface area contributed by atoms with Crippen molar-refractivity contribution in [1.82, 2.24) is 9.80 Å². The lowest BCUT2D eigenvalue weighted by Crippen LogP contribution is -2.69. The number of nitrogens with two attached hydrogens (primary N) is 1. The van der Waals surface area contributed by atoms with Gasteiger partial charge in [-0.15, -0.1) is 0 Å². The Kier molecular flexibility index (Phi) is 3.52. The van der Waals surface area contributed by atoms with E-state index in [2.05, 4.69) is 40.1 Å². The number of rotatable bonds is 3. The first kappa shape index (κ1) is 13.7. The van der Waals surface area contributed by atoms with Crippen LogP contribution in [0.15, 0.2) is 30.3 Å². The summed E-state index contributed by atoms with van der Waals surface area (Å²) in [5.41, 5.74) is 8.09. The topological polar surface area (TPSA) is 32.5 Å². The number of nitrogens with zero attached hydrogens (tertiary/aromatic N) is 2. The highest BCUT2D eigenvalue weighted by atomic mass is 15.3. The molecule has 5 rings (SSSR count). The van der Waals surface area contributed by atoms with E-state index in [9.17, 15) is 0 Å². The SMILES string of the molecule is NCC1(N2CCC(c3ccccc3)C2)CN2CCC1CC2. The molecule has 3 heteroatoms. The van der Waals surface area contributed by atoms with E-state index in [1.54, 1.807) is 0 Å². The van der Waals surface area contributed by atoms with Gasteiger partial charge in [-0.2, -0.15) is 0 Å². The molecule has 4 aliphatic heterocycles. The first-order chi connectivity index (χ1) is 10.3. The van der Waals surface area contributed by atoms with Crippen molar-refractivity contribution in [3.8, 4) is 0 Å². The molecule has 4 saturated heterocycles. The van der Waals surface area contributed by atoms with E-state index < -0.39 is 0 Å². The second-order valence-corrected chi connectivity index (χ2v) is 7.20. The molecule has 4 aliphatic rings. The normalized spacial score (nSPS) is 39.8. The van der Waals surface area contributed by atoms with Crippen LogP contribution in [0.5, 0.6) is 0 Å². The van der Waals surface area contributed by atoms with Gasteiger partial charge in [0.15, 0.2) is 0 Å². The van der Waals surface area contributed by atoms with Crippen LogP contribution in [0.3, 0.4) is 0 Å². The zero-order chi connectivity index (χ0) is 14.3. The lowest BCUT2D eigenvalue weighted by molar-refractivity contribution is -0.0578. The van der Waals surface area contributed by atoms with Crippen LogP contribution in [0.4, 0.5) is 0 Å². The molecule has 3 nitrogen and oxygen atoms in total. The molecule has 1 aromatic rings. The molecule has 114 valence electrons. The van der Waals surface area contributed by atoms with Gasteiger partial charge in [0.25, 0.3) is 0 Å². The number of likely N-dealkylation sites (tertiary alicyclic amines) is 1. The summed E-state index contributed by atoms with van der Waals surface area (Å²) in [7, 11) is 0. The zero-order valence-corrected chi connectivity index (χ0v) is 12.9. The Balaban J connectivity index is 1.54. The van der Waals surface area contributed by atoms with Crippen LogP contribution in [-0.4, -0.2) is 54.6 Å². The smallest absolute Gasteiger partial charge is 0.0487 e. The number of hydrogen-bond acceptors (Lipinski definition) is 3. The molecule has 2 N–H and O–H groups in total. The molecule has 4 fully saturated rings. The molecule has 0 radical (unpaired) electrons. The van der Waals surface area contributed by atoms with Gasteiger partial charge < -0.3 is 10.6 Å². The minimum absolute atomic E-state index is 0.264. The van der Waals surface area contributed by atoms with E-state index in [1.807, 2.05) is 0 Å². The standard InChI is InChI=1S/C18H27N3/c19-13-18(14-20-9-7-17(18)8-10-20)21-11-6-16(12-21)15-4-2-1-3-5-15/h1-5,16-17H,6-14,19H2. The van der Waals surface area contributed by atoms with E-state index in [0.29, 0.717) is 5.92 Å².